The second kappa shape index (κ2) is 6.77. The summed E-state index contributed by atoms with van der Waals surface area (Å²) < 4.78 is 0. The van der Waals surface area contributed by atoms with Crippen LogP contribution in [0.15, 0.2) is 58.5 Å². The van der Waals surface area contributed by atoms with E-state index in [1.165, 1.54) is 4.90 Å². The number of nitrogens with two attached hydrogens (primary N) is 1. The molecule has 1 amide bonds. The van der Waals surface area contributed by atoms with E-state index in [4.69, 9.17) is 5.73 Å². The van der Waals surface area contributed by atoms with Crippen LogP contribution in [0.2, 0.25) is 0 Å². The van der Waals surface area contributed by atoms with Crippen LogP contribution < -0.4 is 11.2 Å². The maximum Gasteiger partial charge on any atom is 0.271 e. The summed E-state index contributed by atoms with van der Waals surface area (Å²) in [5.74, 6) is -0.262. The van der Waals surface area contributed by atoms with Crippen LogP contribution in [0.3, 0.4) is 0 Å². The molecule has 0 aliphatic carbocycles. The molecule has 4 nitrogen and oxygen atoms in total. The SMILES string of the molecule is CSc1ccc(/C=N/NC(=O)c2ccc(N)cc2)cc1. The van der Waals surface area contributed by atoms with Crippen molar-refractivity contribution in [1.82, 2.24) is 5.43 Å². The highest BCUT2D eigenvalue weighted by atomic mass is 32.2. The van der Waals surface area contributed by atoms with Gasteiger partial charge in [-0.25, -0.2) is 5.43 Å². The molecular weight excluding hydrogens is 270 g/mol. The molecule has 0 aliphatic heterocycles. The summed E-state index contributed by atoms with van der Waals surface area (Å²) >= 11 is 1.68. The topological polar surface area (TPSA) is 67.5 Å². The Kier molecular flexibility index (Phi) is 4.79. The molecule has 5 heteroatoms. The Hall–Kier alpha value is -2.27. The Balaban J connectivity index is 1.95. The zero-order chi connectivity index (χ0) is 14.4. The van der Waals surface area contributed by atoms with Crippen molar-refractivity contribution < 1.29 is 4.79 Å². The number of hydrazone groups is 1. The van der Waals surface area contributed by atoms with Crippen LogP contribution in [-0.4, -0.2) is 18.4 Å². The lowest BCUT2D eigenvalue weighted by Gasteiger charge is -2.00. The van der Waals surface area contributed by atoms with Gasteiger partial charge in [0.1, 0.15) is 0 Å². The normalized spacial score (nSPS) is 10.7. The van der Waals surface area contributed by atoms with Gasteiger partial charge in [-0.1, -0.05) is 12.1 Å². The average Bonchev–Trinajstić information content (AvgIpc) is 2.48. The van der Waals surface area contributed by atoms with Crippen LogP contribution in [0.5, 0.6) is 0 Å². The number of nitrogens with zero attached hydrogens (tertiary/aromatic N) is 1. The van der Waals surface area contributed by atoms with Gasteiger partial charge >= 0.3 is 0 Å². The summed E-state index contributed by atoms with van der Waals surface area (Å²) in [5, 5.41) is 3.93. The van der Waals surface area contributed by atoms with Gasteiger partial charge in [0.2, 0.25) is 0 Å². The zero-order valence-corrected chi connectivity index (χ0v) is 11.9. The van der Waals surface area contributed by atoms with E-state index < -0.39 is 0 Å². The Bertz CT molecular complexity index is 606. The van der Waals surface area contributed by atoms with Gasteiger partial charge < -0.3 is 5.73 Å². The molecule has 3 N–H and O–H groups in total. The number of anilines is 1. The standard InChI is InChI=1S/C15H15N3OS/c1-20-14-8-2-11(3-9-14)10-17-18-15(19)12-4-6-13(16)7-5-12/h2-10H,16H2,1H3,(H,18,19)/b17-10+. The van der Waals surface area contributed by atoms with Crippen LogP contribution in [-0.2, 0) is 0 Å². The first-order chi connectivity index (χ1) is 9.69. The Morgan fingerprint density at radius 2 is 1.80 bits per heavy atom. The van der Waals surface area contributed by atoms with E-state index in [0.29, 0.717) is 11.3 Å². The molecule has 2 aromatic rings. The van der Waals surface area contributed by atoms with Crippen LogP contribution in [0.4, 0.5) is 5.69 Å². The summed E-state index contributed by atoms with van der Waals surface area (Å²) in [6, 6.07) is 14.6. The van der Waals surface area contributed by atoms with Crippen molar-refractivity contribution in [2.75, 3.05) is 12.0 Å². The minimum atomic E-state index is -0.262. The monoisotopic (exact) mass is 285 g/mol. The van der Waals surface area contributed by atoms with E-state index in [9.17, 15) is 4.79 Å². The van der Waals surface area contributed by atoms with Gasteiger partial charge in [-0.15, -0.1) is 11.8 Å². The maximum absolute atomic E-state index is 11.8. The number of nitrogens with one attached hydrogen (secondary N) is 1. The van der Waals surface area contributed by atoms with Crippen LogP contribution in [0, 0.1) is 0 Å². The highest BCUT2D eigenvalue weighted by molar-refractivity contribution is 7.98. The molecule has 0 saturated heterocycles. The van der Waals surface area contributed by atoms with Crippen molar-refractivity contribution in [2.45, 2.75) is 4.90 Å². The van der Waals surface area contributed by atoms with Gasteiger partial charge in [-0.05, 0) is 48.2 Å². The molecule has 0 heterocycles. The van der Waals surface area contributed by atoms with E-state index in [1.807, 2.05) is 30.5 Å². The number of amides is 1. The van der Waals surface area contributed by atoms with E-state index in [-0.39, 0.29) is 5.91 Å². The molecule has 0 atom stereocenters. The molecule has 2 rings (SSSR count). The first-order valence-corrected chi connectivity index (χ1v) is 7.24. The summed E-state index contributed by atoms with van der Waals surface area (Å²) in [7, 11) is 0. The van der Waals surface area contributed by atoms with Crippen molar-refractivity contribution in [3.8, 4) is 0 Å². The number of nitrogen functional groups attached to an aromatic ring is 1. The van der Waals surface area contributed by atoms with E-state index in [0.717, 1.165) is 5.56 Å². The lowest BCUT2D eigenvalue weighted by atomic mass is 10.2. The van der Waals surface area contributed by atoms with Crippen molar-refractivity contribution in [2.24, 2.45) is 5.10 Å². The third-order valence-corrected chi connectivity index (χ3v) is 3.41. The fraction of sp³-hybridized carbons (Fsp3) is 0.0667. The molecule has 0 aliphatic rings. The second-order valence-corrected chi connectivity index (χ2v) is 4.97. The minimum Gasteiger partial charge on any atom is -0.399 e. The average molecular weight is 285 g/mol. The van der Waals surface area contributed by atoms with Crippen molar-refractivity contribution in [3.05, 3.63) is 59.7 Å². The second-order valence-electron chi connectivity index (χ2n) is 4.09. The number of rotatable bonds is 4. The van der Waals surface area contributed by atoms with Crippen LogP contribution in [0.25, 0.3) is 0 Å². The first kappa shape index (κ1) is 14.1. The van der Waals surface area contributed by atoms with Gasteiger partial charge in [0.05, 0.1) is 6.21 Å². The smallest absolute Gasteiger partial charge is 0.271 e. The van der Waals surface area contributed by atoms with E-state index >= 15 is 0 Å². The van der Waals surface area contributed by atoms with Gasteiger partial charge in [-0.3, -0.25) is 4.79 Å². The number of hydrogen-bond donors (Lipinski definition) is 2. The van der Waals surface area contributed by atoms with Gasteiger partial charge in [0.15, 0.2) is 0 Å². The third kappa shape index (κ3) is 3.86. The molecule has 0 saturated carbocycles. The van der Waals surface area contributed by atoms with Crippen LogP contribution >= 0.6 is 11.8 Å². The predicted molar refractivity (Wildman–Crippen MR) is 84.1 cm³/mol. The quantitative estimate of drug-likeness (QED) is 0.393. The summed E-state index contributed by atoms with van der Waals surface area (Å²) in [6.07, 6.45) is 3.63. The summed E-state index contributed by atoms with van der Waals surface area (Å²) in [4.78, 5) is 13.0. The van der Waals surface area contributed by atoms with Gasteiger partial charge in [0, 0.05) is 16.1 Å². The Morgan fingerprint density at radius 3 is 2.40 bits per heavy atom. The van der Waals surface area contributed by atoms with Crippen LogP contribution in [0.1, 0.15) is 15.9 Å². The number of carbonyl (C=O) groups is 1. The Labute approximate surface area is 122 Å². The van der Waals surface area contributed by atoms with Gasteiger partial charge in [-0.2, -0.15) is 5.10 Å². The molecule has 0 bridgehead atoms. The van der Waals surface area contributed by atoms with Crippen molar-refractivity contribution >= 4 is 29.6 Å². The molecule has 0 aromatic heterocycles. The van der Waals surface area contributed by atoms with Crippen molar-refractivity contribution in [3.63, 3.8) is 0 Å². The fourth-order valence-corrected chi connectivity index (χ4v) is 1.96. The van der Waals surface area contributed by atoms with E-state index in [2.05, 4.69) is 10.5 Å². The number of benzene rings is 2. The Morgan fingerprint density at radius 1 is 1.15 bits per heavy atom. The highest BCUT2D eigenvalue weighted by Crippen LogP contribution is 2.13. The number of hydrogen-bond acceptors (Lipinski definition) is 4. The molecule has 0 unspecified atom stereocenters. The molecule has 2 aromatic carbocycles. The highest BCUT2D eigenvalue weighted by Gasteiger charge is 2.02. The predicted octanol–water partition coefficient (Wildman–Crippen LogP) is 2.75. The lowest BCUT2D eigenvalue weighted by molar-refractivity contribution is 0.0955. The summed E-state index contributed by atoms with van der Waals surface area (Å²) in [5.41, 5.74) is 10.1. The van der Waals surface area contributed by atoms with Gasteiger partial charge in [0.25, 0.3) is 5.91 Å². The molecule has 0 spiro atoms. The largest absolute Gasteiger partial charge is 0.399 e. The van der Waals surface area contributed by atoms with E-state index in [1.54, 1.807) is 42.2 Å². The molecule has 0 fully saturated rings. The maximum atomic E-state index is 11.8. The summed E-state index contributed by atoms with van der Waals surface area (Å²) in [6.45, 7) is 0. The minimum absolute atomic E-state index is 0.262. The lowest BCUT2D eigenvalue weighted by Crippen LogP contribution is -2.17. The number of carbonyl (C=O) groups excluding carboxylic acids is 1. The molecule has 102 valence electrons. The van der Waals surface area contributed by atoms with Crippen molar-refractivity contribution in [1.29, 1.82) is 0 Å². The first-order valence-electron chi connectivity index (χ1n) is 6.02. The molecule has 20 heavy (non-hydrogen) atoms. The number of thioether (sulfide) groups is 1. The fourth-order valence-electron chi connectivity index (χ4n) is 1.55. The molecule has 0 radical (unpaired) electrons. The zero-order valence-electron chi connectivity index (χ0n) is 11.0. The molecular formula is C15H15N3OS. The third-order valence-electron chi connectivity index (χ3n) is 2.67.